The van der Waals surface area contributed by atoms with Crippen LogP contribution >= 0.6 is 23.4 Å². The molecule has 1 aromatic carbocycles. The van der Waals surface area contributed by atoms with Crippen LogP contribution in [0.25, 0.3) is 11.4 Å². The van der Waals surface area contributed by atoms with E-state index in [2.05, 4.69) is 14.8 Å². The predicted octanol–water partition coefficient (Wildman–Crippen LogP) is 4.37. The van der Waals surface area contributed by atoms with Crippen molar-refractivity contribution >= 4 is 29.3 Å². The van der Waals surface area contributed by atoms with Gasteiger partial charge in [0, 0.05) is 11.6 Å². The molecule has 0 radical (unpaired) electrons. The second kappa shape index (κ2) is 7.57. The number of thioether (sulfide) groups is 1. The van der Waals surface area contributed by atoms with Crippen LogP contribution < -0.4 is 0 Å². The number of hydrogen-bond acceptors (Lipinski definition) is 5. The number of ether oxygens (including phenoxy) is 1. The molecule has 0 amide bonds. The Bertz CT molecular complexity index is 728. The lowest BCUT2D eigenvalue weighted by Crippen LogP contribution is -2.16. The third-order valence-corrected chi connectivity index (χ3v) is 5.65. The first-order valence-corrected chi connectivity index (χ1v) is 9.32. The summed E-state index contributed by atoms with van der Waals surface area (Å²) >= 11 is 7.75. The van der Waals surface area contributed by atoms with E-state index < -0.39 is 0 Å². The summed E-state index contributed by atoms with van der Waals surface area (Å²) in [5.41, 5.74) is 0.871. The van der Waals surface area contributed by atoms with Gasteiger partial charge < -0.3 is 4.74 Å². The van der Waals surface area contributed by atoms with Crippen LogP contribution in [0.5, 0.6) is 0 Å². The maximum Gasteiger partial charge on any atom is 0.318 e. The molecule has 0 aliphatic heterocycles. The standard InChI is InChI=1S/C17H20ClN3O2S/c1-11(16(22)23-2)24-17-20-19-15(13-9-5-6-10-14(13)18)21(17)12-7-3-4-8-12/h5-6,9-12H,3-4,7-8H2,1-2H3. The minimum atomic E-state index is -0.335. The molecule has 0 N–H and O–H groups in total. The summed E-state index contributed by atoms with van der Waals surface area (Å²) in [6, 6.07) is 8.00. The Morgan fingerprint density at radius 2 is 2.04 bits per heavy atom. The van der Waals surface area contributed by atoms with Gasteiger partial charge in [-0.25, -0.2) is 0 Å². The average molecular weight is 366 g/mol. The summed E-state index contributed by atoms with van der Waals surface area (Å²) in [5.74, 6) is 0.507. The molecule has 1 aromatic heterocycles. The van der Waals surface area contributed by atoms with Crippen molar-refractivity contribution in [3.63, 3.8) is 0 Å². The highest BCUT2D eigenvalue weighted by Gasteiger charge is 2.28. The van der Waals surface area contributed by atoms with Gasteiger partial charge in [0.25, 0.3) is 0 Å². The van der Waals surface area contributed by atoms with Crippen molar-refractivity contribution in [3.05, 3.63) is 29.3 Å². The van der Waals surface area contributed by atoms with Gasteiger partial charge in [-0.05, 0) is 31.9 Å². The molecular formula is C17H20ClN3O2S. The second-order valence-electron chi connectivity index (χ2n) is 5.88. The van der Waals surface area contributed by atoms with Gasteiger partial charge >= 0.3 is 5.97 Å². The maximum atomic E-state index is 11.8. The van der Waals surface area contributed by atoms with Crippen LogP contribution in [-0.4, -0.2) is 33.1 Å². The number of carbonyl (C=O) groups is 1. The Hall–Kier alpha value is -1.53. The van der Waals surface area contributed by atoms with Gasteiger partial charge in [-0.15, -0.1) is 10.2 Å². The Morgan fingerprint density at radius 1 is 1.33 bits per heavy atom. The number of rotatable bonds is 5. The number of esters is 1. The number of benzene rings is 1. The van der Waals surface area contributed by atoms with Gasteiger partial charge in [0.1, 0.15) is 5.25 Å². The molecule has 1 fully saturated rings. The van der Waals surface area contributed by atoms with E-state index in [1.165, 1.54) is 31.7 Å². The van der Waals surface area contributed by atoms with Gasteiger partial charge in [0.2, 0.25) is 0 Å². The lowest BCUT2D eigenvalue weighted by Gasteiger charge is -2.18. The van der Waals surface area contributed by atoms with Crippen molar-refractivity contribution in [1.29, 1.82) is 0 Å². The third kappa shape index (κ3) is 3.44. The minimum absolute atomic E-state index is 0.264. The predicted molar refractivity (Wildman–Crippen MR) is 95.3 cm³/mol. The van der Waals surface area contributed by atoms with E-state index in [1.807, 2.05) is 31.2 Å². The van der Waals surface area contributed by atoms with Crippen molar-refractivity contribution in [2.75, 3.05) is 7.11 Å². The number of hydrogen-bond donors (Lipinski definition) is 0. The van der Waals surface area contributed by atoms with Crippen LogP contribution in [0.15, 0.2) is 29.4 Å². The van der Waals surface area contributed by atoms with Gasteiger partial charge in [0.05, 0.1) is 12.1 Å². The van der Waals surface area contributed by atoms with E-state index in [-0.39, 0.29) is 11.2 Å². The van der Waals surface area contributed by atoms with Crippen LogP contribution in [-0.2, 0) is 9.53 Å². The molecule has 1 aliphatic carbocycles. The molecule has 1 atom stereocenters. The van der Waals surface area contributed by atoms with E-state index >= 15 is 0 Å². The smallest absolute Gasteiger partial charge is 0.318 e. The van der Waals surface area contributed by atoms with Gasteiger partial charge in [-0.1, -0.05) is 48.3 Å². The highest BCUT2D eigenvalue weighted by Crippen LogP contribution is 2.38. The monoisotopic (exact) mass is 365 g/mol. The van der Waals surface area contributed by atoms with Gasteiger partial charge in [-0.3, -0.25) is 9.36 Å². The van der Waals surface area contributed by atoms with Crippen LogP contribution in [0.2, 0.25) is 5.02 Å². The molecule has 1 saturated carbocycles. The molecule has 5 nitrogen and oxygen atoms in total. The fourth-order valence-corrected chi connectivity index (χ4v) is 4.21. The Morgan fingerprint density at radius 3 is 2.71 bits per heavy atom. The molecule has 24 heavy (non-hydrogen) atoms. The Balaban J connectivity index is 2.01. The van der Waals surface area contributed by atoms with Crippen molar-refractivity contribution in [3.8, 4) is 11.4 Å². The largest absolute Gasteiger partial charge is 0.468 e. The lowest BCUT2D eigenvalue weighted by atomic mass is 10.2. The molecule has 0 spiro atoms. The summed E-state index contributed by atoms with van der Waals surface area (Å²) in [6.45, 7) is 1.82. The quantitative estimate of drug-likeness (QED) is 0.581. The van der Waals surface area contributed by atoms with Gasteiger partial charge in [-0.2, -0.15) is 0 Å². The summed E-state index contributed by atoms with van der Waals surface area (Å²) in [5, 5.41) is 9.79. The summed E-state index contributed by atoms with van der Waals surface area (Å²) in [4.78, 5) is 11.8. The first kappa shape index (κ1) is 17.3. The van der Waals surface area contributed by atoms with Crippen molar-refractivity contribution in [1.82, 2.24) is 14.8 Å². The normalized spacial score (nSPS) is 16.3. The van der Waals surface area contributed by atoms with Crippen molar-refractivity contribution < 1.29 is 9.53 Å². The number of aromatic nitrogens is 3. The van der Waals surface area contributed by atoms with E-state index in [0.29, 0.717) is 11.1 Å². The van der Waals surface area contributed by atoms with Crippen LogP contribution in [0.4, 0.5) is 0 Å². The highest BCUT2D eigenvalue weighted by molar-refractivity contribution is 8.00. The van der Waals surface area contributed by atoms with Gasteiger partial charge in [0.15, 0.2) is 11.0 Å². The number of methoxy groups -OCH3 is 1. The first-order chi connectivity index (χ1) is 11.6. The average Bonchev–Trinajstić information content (AvgIpc) is 3.23. The number of carbonyl (C=O) groups excluding carboxylic acids is 1. The van der Waals surface area contributed by atoms with E-state index in [0.717, 1.165) is 29.4 Å². The first-order valence-electron chi connectivity index (χ1n) is 8.06. The molecule has 7 heteroatoms. The zero-order chi connectivity index (χ0) is 17.1. The molecule has 0 saturated heterocycles. The molecule has 3 rings (SSSR count). The zero-order valence-electron chi connectivity index (χ0n) is 13.7. The van der Waals surface area contributed by atoms with E-state index in [4.69, 9.17) is 16.3 Å². The molecule has 1 heterocycles. The van der Waals surface area contributed by atoms with E-state index in [1.54, 1.807) is 0 Å². The Kier molecular flexibility index (Phi) is 5.46. The Labute approximate surface area is 150 Å². The molecule has 128 valence electrons. The second-order valence-corrected chi connectivity index (χ2v) is 7.59. The summed E-state index contributed by atoms with van der Waals surface area (Å²) < 4.78 is 6.97. The lowest BCUT2D eigenvalue weighted by molar-refractivity contribution is -0.139. The van der Waals surface area contributed by atoms with Crippen molar-refractivity contribution in [2.45, 2.75) is 49.1 Å². The fraction of sp³-hybridized carbons (Fsp3) is 0.471. The maximum absolute atomic E-state index is 11.8. The minimum Gasteiger partial charge on any atom is -0.468 e. The SMILES string of the molecule is COC(=O)C(C)Sc1nnc(-c2ccccc2Cl)n1C1CCCC1. The molecule has 1 unspecified atom stereocenters. The third-order valence-electron chi connectivity index (χ3n) is 4.28. The van der Waals surface area contributed by atoms with Crippen molar-refractivity contribution in [2.24, 2.45) is 0 Å². The van der Waals surface area contributed by atoms with E-state index in [9.17, 15) is 4.79 Å². The van der Waals surface area contributed by atoms with Crippen LogP contribution in [0.1, 0.15) is 38.6 Å². The molecule has 2 aromatic rings. The summed E-state index contributed by atoms with van der Waals surface area (Å²) in [6.07, 6.45) is 4.58. The summed E-state index contributed by atoms with van der Waals surface area (Å²) in [7, 11) is 1.40. The highest BCUT2D eigenvalue weighted by atomic mass is 35.5. The van der Waals surface area contributed by atoms with Crippen LogP contribution in [0.3, 0.4) is 0 Å². The number of nitrogens with zero attached hydrogens (tertiary/aromatic N) is 3. The molecule has 1 aliphatic rings. The molecular weight excluding hydrogens is 346 g/mol. The zero-order valence-corrected chi connectivity index (χ0v) is 15.3. The van der Waals surface area contributed by atoms with Crippen LogP contribution in [0, 0.1) is 0 Å². The fourth-order valence-electron chi connectivity index (χ4n) is 3.05. The number of halogens is 1. The molecule has 0 bridgehead atoms. The topological polar surface area (TPSA) is 57.0 Å².